The van der Waals surface area contributed by atoms with Gasteiger partial charge in [0.15, 0.2) is 0 Å². The Labute approximate surface area is 97.4 Å². The molecule has 0 aromatic rings. The summed E-state index contributed by atoms with van der Waals surface area (Å²) in [5.41, 5.74) is 0. The lowest BCUT2D eigenvalue weighted by atomic mass is 10.2. The summed E-state index contributed by atoms with van der Waals surface area (Å²) < 4.78 is 5.24. The molecule has 1 aliphatic rings. The highest BCUT2D eigenvalue weighted by Gasteiger charge is 2.14. The summed E-state index contributed by atoms with van der Waals surface area (Å²) in [6, 6.07) is 0. The summed E-state index contributed by atoms with van der Waals surface area (Å²) in [4.78, 5) is 2.21. The number of nitrogens with zero attached hydrogens (tertiary/aromatic N) is 1. The highest BCUT2D eigenvalue weighted by molar-refractivity contribution is 4.69. The standard InChI is InChI=1S/C11H24N2O3/c1-10(14)2-3-12-8-11(15)9-13-4-6-16-7-5-13/h10-12,14-15H,2-9H2,1H3. The molecule has 2 unspecified atom stereocenters. The van der Waals surface area contributed by atoms with Crippen LogP contribution >= 0.6 is 0 Å². The maximum absolute atomic E-state index is 9.76. The highest BCUT2D eigenvalue weighted by Crippen LogP contribution is 1.98. The molecule has 0 aromatic carbocycles. The average Bonchev–Trinajstić information content (AvgIpc) is 2.25. The molecule has 1 fully saturated rings. The molecule has 5 nitrogen and oxygen atoms in total. The molecule has 0 saturated carbocycles. The van der Waals surface area contributed by atoms with Crippen LogP contribution in [0.15, 0.2) is 0 Å². The van der Waals surface area contributed by atoms with Crippen LogP contribution in [0.25, 0.3) is 0 Å². The molecule has 0 radical (unpaired) electrons. The average molecular weight is 232 g/mol. The van der Waals surface area contributed by atoms with Gasteiger partial charge < -0.3 is 20.3 Å². The van der Waals surface area contributed by atoms with Gasteiger partial charge in [0.05, 0.1) is 25.4 Å². The van der Waals surface area contributed by atoms with E-state index in [1.54, 1.807) is 6.92 Å². The monoisotopic (exact) mass is 232 g/mol. The molecule has 3 N–H and O–H groups in total. The number of morpholine rings is 1. The van der Waals surface area contributed by atoms with Crippen LogP contribution < -0.4 is 5.32 Å². The summed E-state index contributed by atoms with van der Waals surface area (Å²) in [6.45, 7) is 7.15. The van der Waals surface area contributed by atoms with Crippen molar-refractivity contribution in [1.82, 2.24) is 10.2 Å². The van der Waals surface area contributed by atoms with Crippen LogP contribution in [-0.2, 0) is 4.74 Å². The Kier molecular flexibility index (Phi) is 6.91. The lowest BCUT2D eigenvalue weighted by molar-refractivity contribution is 0.0148. The summed E-state index contributed by atoms with van der Waals surface area (Å²) in [7, 11) is 0. The van der Waals surface area contributed by atoms with E-state index in [1.807, 2.05) is 0 Å². The van der Waals surface area contributed by atoms with Crippen molar-refractivity contribution in [3.8, 4) is 0 Å². The van der Waals surface area contributed by atoms with Crippen molar-refractivity contribution in [3.05, 3.63) is 0 Å². The number of hydrogen-bond donors (Lipinski definition) is 3. The number of rotatable bonds is 7. The number of hydrogen-bond acceptors (Lipinski definition) is 5. The van der Waals surface area contributed by atoms with Crippen molar-refractivity contribution < 1.29 is 14.9 Å². The largest absolute Gasteiger partial charge is 0.393 e. The van der Waals surface area contributed by atoms with Gasteiger partial charge in [-0.2, -0.15) is 0 Å². The summed E-state index contributed by atoms with van der Waals surface area (Å²) in [5, 5.41) is 22.0. The number of aliphatic hydroxyl groups is 2. The van der Waals surface area contributed by atoms with Gasteiger partial charge in [-0.1, -0.05) is 0 Å². The molecule has 2 atom stereocenters. The zero-order chi connectivity index (χ0) is 11.8. The minimum atomic E-state index is -0.341. The van der Waals surface area contributed by atoms with Crippen LogP contribution in [0.3, 0.4) is 0 Å². The zero-order valence-corrected chi connectivity index (χ0v) is 10.1. The molecule has 0 amide bonds. The molecule has 1 rings (SSSR count). The maximum Gasteiger partial charge on any atom is 0.0791 e. The van der Waals surface area contributed by atoms with E-state index < -0.39 is 0 Å². The second-order valence-corrected chi connectivity index (χ2v) is 4.41. The van der Waals surface area contributed by atoms with E-state index in [0.29, 0.717) is 13.1 Å². The Hall–Kier alpha value is -0.200. The number of nitrogens with one attached hydrogen (secondary N) is 1. The summed E-state index contributed by atoms with van der Waals surface area (Å²) in [6.07, 6.45) is 0.112. The minimum Gasteiger partial charge on any atom is -0.393 e. The molecule has 0 spiro atoms. The van der Waals surface area contributed by atoms with Crippen molar-refractivity contribution in [1.29, 1.82) is 0 Å². The predicted octanol–water partition coefficient (Wildman–Crippen LogP) is -0.960. The van der Waals surface area contributed by atoms with Crippen molar-refractivity contribution in [2.75, 3.05) is 45.9 Å². The second kappa shape index (κ2) is 7.97. The van der Waals surface area contributed by atoms with E-state index in [1.165, 1.54) is 0 Å². The molecule has 0 aliphatic carbocycles. The maximum atomic E-state index is 9.76. The molecule has 0 aromatic heterocycles. The van der Waals surface area contributed by atoms with Crippen LogP contribution in [-0.4, -0.2) is 73.3 Å². The van der Waals surface area contributed by atoms with Gasteiger partial charge in [0, 0.05) is 26.2 Å². The first-order chi connectivity index (χ1) is 7.68. The van der Waals surface area contributed by atoms with Crippen LogP contribution in [0.2, 0.25) is 0 Å². The lowest BCUT2D eigenvalue weighted by Crippen LogP contribution is -2.43. The fourth-order valence-corrected chi connectivity index (χ4v) is 1.73. The van der Waals surface area contributed by atoms with Crippen LogP contribution in [0.4, 0.5) is 0 Å². The third-order valence-electron chi connectivity index (χ3n) is 2.69. The quantitative estimate of drug-likeness (QED) is 0.493. The Balaban J connectivity index is 1.99. The molecule has 1 saturated heterocycles. The molecule has 1 aliphatic heterocycles. The Bertz CT molecular complexity index is 173. The fourth-order valence-electron chi connectivity index (χ4n) is 1.73. The van der Waals surface area contributed by atoms with Crippen molar-refractivity contribution in [2.24, 2.45) is 0 Å². The number of ether oxygens (including phenoxy) is 1. The Morgan fingerprint density at radius 1 is 1.31 bits per heavy atom. The third-order valence-corrected chi connectivity index (χ3v) is 2.69. The topological polar surface area (TPSA) is 65.0 Å². The van der Waals surface area contributed by atoms with Crippen LogP contribution in [0, 0.1) is 0 Å². The molecule has 96 valence electrons. The molecule has 16 heavy (non-hydrogen) atoms. The van der Waals surface area contributed by atoms with Crippen molar-refractivity contribution in [2.45, 2.75) is 25.6 Å². The van der Waals surface area contributed by atoms with Crippen molar-refractivity contribution >= 4 is 0 Å². The van der Waals surface area contributed by atoms with Gasteiger partial charge in [-0.3, -0.25) is 4.90 Å². The molecule has 1 heterocycles. The Morgan fingerprint density at radius 3 is 2.62 bits per heavy atom. The number of aliphatic hydroxyl groups excluding tert-OH is 2. The van der Waals surface area contributed by atoms with E-state index in [9.17, 15) is 5.11 Å². The first-order valence-corrected chi connectivity index (χ1v) is 6.05. The van der Waals surface area contributed by atoms with E-state index in [4.69, 9.17) is 9.84 Å². The summed E-state index contributed by atoms with van der Waals surface area (Å²) in [5.74, 6) is 0. The molecular weight excluding hydrogens is 208 g/mol. The third kappa shape index (κ3) is 6.40. The minimum absolute atomic E-state index is 0.274. The Morgan fingerprint density at radius 2 is 2.00 bits per heavy atom. The van der Waals surface area contributed by atoms with Gasteiger partial charge >= 0.3 is 0 Å². The zero-order valence-electron chi connectivity index (χ0n) is 10.1. The van der Waals surface area contributed by atoms with E-state index in [2.05, 4.69) is 10.2 Å². The van der Waals surface area contributed by atoms with Gasteiger partial charge in [-0.15, -0.1) is 0 Å². The fraction of sp³-hybridized carbons (Fsp3) is 1.00. The smallest absolute Gasteiger partial charge is 0.0791 e. The van der Waals surface area contributed by atoms with Crippen LogP contribution in [0.1, 0.15) is 13.3 Å². The van der Waals surface area contributed by atoms with Gasteiger partial charge in [0.2, 0.25) is 0 Å². The molecular formula is C11H24N2O3. The van der Waals surface area contributed by atoms with Crippen molar-refractivity contribution in [3.63, 3.8) is 0 Å². The van der Waals surface area contributed by atoms with E-state index >= 15 is 0 Å². The predicted molar refractivity (Wildman–Crippen MR) is 62.4 cm³/mol. The van der Waals surface area contributed by atoms with Gasteiger partial charge in [0.1, 0.15) is 0 Å². The van der Waals surface area contributed by atoms with E-state index in [0.717, 1.165) is 39.3 Å². The van der Waals surface area contributed by atoms with Crippen LogP contribution in [0.5, 0.6) is 0 Å². The highest BCUT2D eigenvalue weighted by atomic mass is 16.5. The first-order valence-electron chi connectivity index (χ1n) is 6.05. The molecule has 5 heteroatoms. The van der Waals surface area contributed by atoms with Gasteiger partial charge in [-0.05, 0) is 19.9 Å². The first kappa shape index (κ1) is 13.9. The normalized spacial score (nSPS) is 21.9. The van der Waals surface area contributed by atoms with E-state index in [-0.39, 0.29) is 12.2 Å². The van der Waals surface area contributed by atoms with Gasteiger partial charge in [-0.25, -0.2) is 0 Å². The molecule has 0 bridgehead atoms. The SMILES string of the molecule is CC(O)CCNCC(O)CN1CCOCC1. The summed E-state index contributed by atoms with van der Waals surface area (Å²) >= 11 is 0. The number of β-amino-alcohol motifs (C(OH)–C–C–N with tert-alkyl or cyclic N) is 1. The second-order valence-electron chi connectivity index (χ2n) is 4.41. The lowest BCUT2D eigenvalue weighted by Gasteiger charge is -2.28. The van der Waals surface area contributed by atoms with Gasteiger partial charge in [0.25, 0.3) is 0 Å².